The van der Waals surface area contributed by atoms with Gasteiger partial charge in [-0.15, -0.1) is 0 Å². The summed E-state index contributed by atoms with van der Waals surface area (Å²) < 4.78 is 0. The number of non-ortho nitro benzene ring substituents is 1. The van der Waals surface area contributed by atoms with E-state index in [1.807, 2.05) is 33.8 Å². The van der Waals surface area contributed by atoms with Gasteiger partial charge >= 0.3 is 0 Å². The van der Waals surface area contributed by atoms with E-state index in [-0.39, 0.29) is 10.6 Å². The Bertz CT molecular complexity index is 344. The van der Waals surface area contributed by atoms with E-state index in [1.54, 1.807) is 12.1 Å². The van der Waals surface area contributed by atoms with Crippen molar-refractivity contribution in [1.29, 1.82) is 0 Å². The predicted molar refractivity (Wildman–Crippen MR) is 60.9 cm³/mol. The van der Waals surface area contributed by atoms with Crippen LogP contribution in [0.15, 0.2) is 18.2 Å². The molecule has 0 amide bonds. The van der Waals surface area contributed by atoms with Crippen molar-refractivity contribution in [3.8, 4) is 0 Å². The molecular formula is C12H16NO2. The van der Waals surface area contributed by atoms with Crippen LogP contribution < -0.4 is 0 Å². The number of hydrogen-bond acceptors (Lipinski definition) is 2. The van der Waals surface area contributed by atoms with Crippen molar-refractivity contribution in [3.63, 3.8) is 0 Å². The normalized spacial score (nSPS) is 11.1. The molecule has 1 rings (SSSR count). The van der Waals surface area contributed by atoms with E-state index >= 15 is 0 Å². The average Bonchev–Trinajstić information content (AvgIpc) is 2.16. The van der Waals surface area contributed by atoms with Crippen LogP contribution in [0, 0.1) is 16.0 Å². The van der Waals surface area contributed by atoms with Gasteiger partial charge in [0.15, 0.2) is 0 Å². The molecule has 0 saturated heterocycles. The van der Waals surface area contributed by atoms with Crippen molar-refractivity contribution < 1.29 is 4.92 Å². The summed E-state index contributed by atoms with van der Waals surface area (Å²) in [5.41, 5.74) is 2.14. The molecule has 1 aromatic carbocycles. The van der Waals surface area contributed by atoms with Gasteiger partial charge in [-0.1, -0.05) is 33.8 Å². The van der Waals surface area contributed by atoms with Crippen molar-refractivity contribution >= 4 is 5.69 Å². The summed E-state index contributed by atoms with van der Waals surface area (Å²) in [6, 6.07) is 5.30. The summed E-state index contributed by atoms with van der Waals surface area (Å²) in [5.74, 6) is 1.41. The molecule has 0 fully saturated rings. The van der Waals surface area contributed by atoms with Crippen LogP contribution in [0.4, 0.5) is 5.69 Å². The third-order valence-electron chi connectivity index (χ3n) is 2.39. The second-order valence-electron chi connectivity index (χ2n) is 4.23. The third-order valence-corrected chi connectivity index (χ3v) is 2.39. The zero-order valence-corrected chi connectivity index (χ0v) is 9.57. The molecule has 0 saturated carbocycles. The first-order valence-corrected chi connectivity index (χ1v) is 5.01. The van der Waals surface area contributed by atoms with Crippen LogP contribution in [0.5, 0.6) is 0 Å². The van der Waals surface area contributed by atoms with Crippen molar-refractivity contribution in [2.75, 3.05) is 0 Å². The van der Waals surface area contributed by atoms with E-state index in [0.717, 1.165) is 17.0 Å². The van der Waals surface area contributed by atoms with Gasteiger partial charge in [0.25, 0.3) is 5.69 Å². The molecule has 0 N–H and O–H groups in total. The Balaban J connectivity index is 3.26. The Labute approximate surface area is 90.3 Å². The smallest absolute Gasteiger partial charge is 0.258 e. The van der Waals surface area contributed by atoms with Gasteiger partial charge in [0.1, 0.15) is 0 Å². The van der Waals surface area contributed by atoms with Gasteiger partial charge < -0.3 is 0 Å². The molecule has 0 aromatic heterocycles. The van der Waals surface area contributed by atoms with Gasteiger partial charge in [0.05, 0.1) is 4.92 Å². The van der Waals surface area contributed by atoms with E-state index in [9.17, 15) is 10.1 Å². The van der Waals surface area contributed by atoms with E-state index in [1.165, 1.54) is 0 Å². The lowest BCUT2D eigenvalue weighted by Crippen LogP contribution is -1.97. The first-order chi connectivity index (χ1) is 6.91. The van der Waals surface area contributed by atoms with Gasteiger partial charge in [0.2, 0.25) is 0 Å². The van der Waals surface area contributed by atoms with Crippen LogP contribution in [-0.2, 0) is 0 Å². The Morgan fingerprint density at radius 1 is 1.27 bits per heavy atom. The molecule has 0 atom stereocenters. The number of rotatable bonds is 3. The molecule has 15 heavy (non-hydrogen) atoms. The fourth-order valence-corrected chi connectivity index (χ4v) is 1.36. The predicted octanol–water partition coefficient (Wildman–Crippen LogP) is 3.68. The summed E-state index contributed by atoms with van der Waals surface area (Å²) >= 11 is 0. The molecule has 0 bridgehead atoms. The highest BCUT2D eigenvalue weighted by molar-refractivity contribution is 5.44. The maximum atomic E-state index is 10.7. The molecule has 0 aliphatic rings. The molecule has 81 valence electrons. The fourth-order valence-electron chi connectivity index (χ4n) is 1.36. The summed E-state index contributed by atoms with van der Waals surface area (Å²) in [6.45, 7) is 7.99. The van der Waals surface area contributed by atoms with Crippen LogP contribution in [0.1, 0.15) is 44.7 Å². The lowest BCUT2D eigenvalue weighted by molar-refractivity contribution is -0.385. The lowest BCUT2D eigenvalue weighted by Gasteiger charge is -2.10. The molecule has 1 radical (unpaired) electrons. The molecule has 3 heteroatoms. The zero-order valence-electron chi connectivity index (χ0n) is 9.57. The maximum Gasteiger partial charge on any atom is 0.270 e. The minimum atomic E-state index is -0.335. The van der Waals surface area contributed by atoms with Crippen LogP contribution in [0.2, 0.25) is 0 Å². The van der Waals surface area contributed by atoms with Crippen LogP contribution in [-0.4, -0.2) is 4.92 Å². The van der Waals surface area contributed by atoms with E-state index in [4.69, 9.17) is 0 Å². The minimum absolute atomic E-state index is 0.178. The molecule has 3 nitrogen and oxygen atoms in total. The van der Waals surface area contributed by atoms with E-state index in [0.29, 0.717) is 5.92 Å². The topological polar surface area (TPSA) is 43.1 Å². The number of benzene rings is 1. The van der Waals surface area contributed by atoms with Gasteiger partial charge in [-0.25, -0.2) is 0 Å². The Kier molecular flexibility index (Phi) is 3.45. The van der Waals surface area contributed by atoms with Crippen molar-refractivity contribution in [2.45, 2.75) is 33.6 Å². The van der Waals surface area contributed by atoms with Crippen molar-refractivity contribution in [1.82, 2.24) is 0 Å². The number of hydrogen-bond donors (Lipinski definition) is 0. The molecule has 0 spiro atoms. The largest absolute Gasteiger partial charge is 0.270 e. The SMILES string of the molecule is C[C](C)c1cc(C(C)C)cc([N+](=O)[O-])c1. The standard InChI is InChI=1S/C12H16NO2/c1-8(2)10-5-11(9(3)4)7-12(6-10)13(14)15/h5-8H,1-4H3. The highest BCUT2D eigenvalue weighted by Gasteiger charge is 2.13. The minimum Gasteiger partial charge on any atom is -0.258 e. The quantitative estimate of drug-likeness (QED) is 0.559. The summed E-state index contributed by atoms with van der Waals surface area (Å²) in [5, 5.41) is 10.7. The molecular weight excluding hydrogens is 190 g/mol. The maximum absolute atomic E-state index is 10.7. The van der Waals surface area contributed by atoms with Crippen LogP contribution >= 0.6 is 0 Å². The van der Waals surface area contributed by atoms with Gasteiger partial charge in [-0.05, 0) is 23.0 Å². The van der Waals surface area contributed by atoms with Crippen LogP contribution in [0.3, 0.4) is 0 Å². The monoisotopic (exact) mass is 206 g/mol. The van der Waals surface area contributed by atoms with Crippen molar-refractivity contribution in [3.05, 3.63) is 45.4 Å². The second kappa shape index (κ2) is 4.43. The van der Waals surface area contributed by atoms with E-state index < -0.39 is 0 Å². The third kappa shape index (κ3) is 2.78. The molecule has 0 aliphatic heterocycles. The molecule has 0 heterocycles. The summed E-state index contributed by atoms with van der Waals surface area (Å²) in [7, 11) is 0. The second-order valence-corrected chi connectivity index (χ2v) is 4.23. The van der Waals surface area contributed by atoms with Gasteiger partial charge in [-0.3, -0.25) is 10.1 Å². The van der Waals surface area contributed by atoms with E-state index in [2.05, 4.69) is 0 Å². The first-order valence-electron chi connectivity index (χ1n) is 5.01. The summed E-state index contributed by atoms with van der Waals surface area (Å²) in [6.07, 6.45) is 0. The Morgan fingerprint density at radius 2 is 1.87 bits per heavy atom. The lowest BCUT2D eigenvalue weighted by atomic mass is 9.95. The Hall–Kier alpha value is -1.38. The van der Waals surface area contributed by atoms with Crippen molar-refractivity contribution in [2.24, 2.45) is 0 Å². The number of nitrogens with zero attached hydrogens (tertiary/aromatic N) is 1. The highest BCUT2D eigenvalue weighted by Crippen LogP contribution is 2.26. The first kappa shape index (κ1) is 11.7. The molecule has 0 unspecified atom stereocenters. The molecule has 0 aliphatic carbocycles. The van der Waals surface area contributed by atoms with Gasteiger partial charge in [0, 0.05) is 12.1 Å². The zero-order chi connectivity index (χ0) is 11.6. The molecule has 1 aromatic rings. The Morgan fingerprint density at radius 3 is 2.27 bits per heavy atom. The number of nitro groups is 1. The van der Waals surface area contributed by atoms with Gasteiger partial charge in [-0.2, -0.15) is 0 Å². The number of nitro benzene ring substituents is 1. The fraction of sp³-hybridized carbons (Fsp3) is 0.417. The van der Waals surface area contributed by atoms with Crippen LogP contribution in [0.25, 0.3) is 0 Å². The average molecular weight is 206 g/mol. The summed E-state index contributed by atoms with van der Waals surface area (Å²) in [4.78, 5) is 10.4. The highest BCUT2D eigenvalue weighted by atomic mass is 16.6.